The average Bonchev–Trinajstić information content (AvgIpc) is 4.04. The molecule has 0 unspecified atom stereocenters. The Balaban J connectivity index is 0.000000199. The van der Waals surface area contributed by atoms with E-state index in [0.29, 0.717) is 35.3 Å². The number of benzene rings is 4. The molecule has 4 aromatic carbocycles. The molecule has 266 valence electrons. The van der Waals surface area contributed by atoms with E-state index in [9.17, 15) is 19.2 Å². The highest BCUT2D eigenvalue weighted by molar-refractivity contribution is 5.96. The molecule has 2 saturated carbocycles. The highest BCUT2D eigenvalue weighted by Crippen LogP contribution is 2.30. The normalized spacial score (nSPS) is 13.5. The Morgan fingerprint density at radius 1 is 0.608 bits per heavy atom. The van der Waals surface area contributed by atoms with Crippen LogP contribution in [0.4, 0.5) is 11.4 Å². The van der Waals surface area contributed by atoms with Crippen LogP contribution in [0.5, 0.6) is 0 Å². The molecule has 0 saturated heterocycles. The first kappa shape index (κ1) is 37.0. The molecular weight excluding hydrogens is 636 g/mol. The average molecular weight is 687 g/mol. The van der Waals surface area contributed by atoms with Gasteiger partial charge in [-0.25, -0.2) is 0 Å². The van der Waals surface area contributed by atoms with Gasteiger partial charge < -0.3 is 21.3 Å². The van der Waals surface area contributed by atoms with Crippen LogP contribution in [0.3, 0.4) is 0 Å². The van der Waals surface area contributed by atoms with Gasteiger partial charge in [-0.3, -0.25) is 19.2 Å². The van der Waals surface area contributed by atoms with Crippen LogP contribution in [0.2, 0.25) is 0 Å². The number of aryl methyl sites for hydroxylation is 2. The highest BCUT2D eigenvalue weighted by Gasteiger charge is 2.22. The van der Waals surface area contributed by atoms with Crippen LogP contribution in [-0.4, -0.2) is 36.7 Å². The van der Waals surface area contributed by atoms with E-state index in [1.54, 1.807) is 0 Å². The second-order valence-electron chi connectivity index (χ2n) is 14.3. The third kappa shape index (κ3) is 11.4. The number of amides is 4. The smallest absolute Gasteiger partial charge is 0.251 e. The van der Waals surface area contributed by atoms with Crippen LogP contribution in [0.15, 0.2) is 84.9 Å². The Morgan fingerprint density at radius 2 is 1.02 bits per heavy atom. The third-order valence-corrected chi connectivity index (χ3v) is 9.09. The molecule has 0 atom stereocenters. The Bertz CT molecular complexity index is 1860. The van der Waals surface area contributed by atoms with Crippen molar-refractivity contribution in [3.05, 3.63) is 107 Å². The molecule has 8 heteroatoms. The molecule has 0 aliphatic heterocycles. The molecule has 0 bridgehead atoms. The fourth-order valence-electron chi connectivity index (χ4n) is 5.73. The van der Waals surface area contributed by atoms with Gasteiger partial charge in [0.05, 0.1) is 0 Å². The summed E-state index contributed by atoms with van der Waals surface area (Å²) in [5.41, 5.74) is 9.34. The van der Waals surface area contributed by atoms with Crippen LogP contribution in [0, 0.1) is 31.6 Å². The summed E-state index contributed by atoms with van der Waals surface area (Å²) in [5.74, 6) is 1.58. The maximum atomic E-state index is 12.2. The molecule has 51 heavy (non-hydrogen) atoms. The Hall–Kier alpha value is -5.24. The van der Waals surface area contributed by atoms with Gasteiger partial charge in [-0.15, -0.1) is 0 Å². The lowest BCUT2D eigenvalue weighted by Gasteiger charge is -2.12. The van der Waals surface area contributed by atoms with Crippen molar-refractivity contribution in [1.29, 1.82) is 0 Å². The summed E-state index contributed by atoms with van der Waals surface area (Å²) >= 11 is 0. The second-order valence-corrected chi connectivity index (χ2v) is 14.3. The number of carbonyl (C=O) groups excluding carboxylic acids is 4. The molecule has 2 fully saturated rings. The fraction of sp³-hybridized carbons (Fsp3) is 0.349. The molecule has 6 rings (SSSR count). The zero-order valence-electron chi connectivity index (χ0n) is 30.4. The van der Waals surface area contributed by atoms with Crippen molar-refractivity contribution in [2.75, 3.05) is 23.7 Å². The predicted molar refractivity (Wildman–Crippen MR) is 206 cm³/mol. The lowest BCUT2D eigenvalue weighted by atomic mass is 9.98. The van der Waals surface area contributed by atoms with Crippen molar-refractivity contribution in [3.8, 4) is 22.3 Å². The number of hydrogen-bond acceptors (Lipinski definition) is 4. The first-order valence-corrected chi connectivity index (χ1v) is 18.0. The number of nitrogens with one attached hydrogen (secondary N) is 4. The Labute approximate surface area is 301 Å². The van der Waals surface area contributed by atoms with Crippen molar-refractivity contribution < 1.29 is 19.2 Å². The summed E-state index contributed by atoms with van der Waals surface area (Å²) in [6.45, 7) is 11.2. The van der Waals surface area contributed by atoms with Gasteiger partial charge in [0, 0.05) is 48.9 Å². The van der Waals surface area contributed by atoms with Crippen LogP contribution in [0.1, 0.15) is 84.7 Å². The van der Waals surface area contributed by atoms with Gasteiger partial charge in [-0.1, -0.05) is 50.2 Å². The predicted octanol–water partition coefficient (Wildman–Crippen LogP) is 8.55. The molecule has 0 spiro atoms. The molecule has 4 amide bonds. The fourth-order valence-corrected chi connectivity index (χ4v) is 5.73. The van der Waals surface area contributed by atoms with Crippen molar-refractivity contribution in [2.45, 2.75) is 66.7 Å². The zero-order valence-corrected chi connectivity index (χ0v) is 30.4. The second kappa shape index (κ2) is 17.1. The minimum Gasteiger partial charge on any atom is -0.352 e. The molecule has 0 radical (unpaired) electrons. The van der Waals surface area contributed by atoms with E-state index >= 15 is 0 Å². The largest absolute Gasteiger partial charge is 0.352 e. The van der Waals surface area contributed by atoms with E-state index in [0.717, 1.165) is 57.8 Å². The van der Waals surface area contributed by atoms with Crippen molar-refractivity contribution >= 4 is 35.0 Å². The van der Waals surface area contributed by atoms with E-state index in [1.165, 1.54) is 32.6 Å². The lowest BCUT2D eigenvalue weighted by molar-refractivity contribution is -0.117. The van der Waals surface area contributed by atoms with E-state index in [1.807, 2.05) is 113 Å². The maximum Gasteiger partial charge on any atom is 0.251 e. The topological polar surface area (TPSA) is 116 Å². The standard InChI is InChI=1S/C23H28N2O2.C20H22N2O2/c1-15(2)12-22(26)25-20-11-4-16(3)21(13-20)18-7-9-19(10-8-18)23(27)24-14-17-5-6-17;1-13-3-10-18(22-14(2)23)11-19(13)16-6-8-17(9-7-16)20(24)21-12-15-4-5-15/h4,7-11,13,15,17H,5-6,12,14H2,1-3H3,(H,24,27)(H,25,26);3,6-11,15H,4-5,12H2,1-2H3,(H,21,24)(H,22,23). The minimum atomic E-state index is -0.0903. The van der Waals surface area contributed by atoms with Crippen molar-refractivity contribution in [3.63, 3.8) is 0 Å². The van der Waals surface area contributed by atoms with Crippen LogP contribution >= 0.6 is 0 Å². The van der Waals surface area contributed by atoms with Crippen molar-refractivity contribution in [2.24, 2.45) is 17.8 Å². The quantitative estimate of drug-likeness (QED) is 0.120. The summed E-state index contributed by atoms with van der Waals surface area (Å²) in [5, 5.41) is 11.7. The van der Waals surface area contributed by atoms with Gasteiger partial charge in [-0.05, 0) is 139 Å². The maximum absolute atomic E-state index is 12.2. The molecule has 0 heterocycles. The highest BCUT2D eigenvalue weighted by atomic mass is 16.2. The summed E-state index contributed by atoms with van der Waals surface area (Å²) in [6, 6.07) is 27.0. The summed E-state index contributed by atoms with van der Waals surface area (Å²) in [4.78, 5) is 47.6. The van der Waals surface area contributed by atoms with Gasteiger partial charge in [0.25, 0.3) is 11.8 Å². The molecule has 0 aromatic heterocycles. The zero-order chi connectivity index (χ0) is 36.5. The minimum absolute atomic E-state index is 0.0140. The van der Waals surface area contributed by atoms with Crippen LogP contribution < -0.4 is 21.3 Å². The van der Waals surface area contributed by atoms with Gasteiger partial charge in [-0.2, -0.15) is 0 Å². The first-order valence-electron chi connectivity index (χ1n) is 18.0. The Morgan fingerprint density at radius 3 is 1.39 bits per heavy atom. The van der Waals surface area contributed by atoms with E-state index in [-0.39, 0.29) is 23.6 Å². The van der Waals surface area contributed by atoms with E-state index < -0.39 is 0 Å². The van der Waals surface area contributed by atoms with E-state index in [2.05, 4.69) is 21.3 Å². The number of rotatable bonds is 12. The summed E-state index contributed by atoms with van der Waals surface area (Å²) in [7, 11) is 0. The van der Waals surface area contributed by atoms with Gasteiger partial charge >= 0.3 is 0 Å². The SMILES string of the molecule is CC(=O)Nc1ccc(C)c(-c2ccc(C(=O)NCC3CC3)cc2)c1.Cc1ccc(NC(=O)CC(C)C)cc1-c1ccc(C(=O)NCC2CC2)cc1. The number of carbonyl (C=O) groups is 4. The molecule has 2 aliphatic carbocycles. The Kier molecular flexibility index (Phi) is 12.4. The first-order chi connectivity index (χ1) is 24.4. The van der Waals surface area contributed by atoms with Gasteiger partial charge in [0.2, 0.25) is 11.8 Å². The number of anilines is 2. The van der Waals surface area contributed by atoms with E-state index in [4.69, 9.17) is 0 Å². The van der Waals surface area contributed by atoms with Crippen LogP contribution in [0.25, 0.3) is 22.3 Å². The molecule has 4 aromatic rings. The molecule has 2 aliphatic rings. The summed E-state index contributed by atoms with van der Waals surface area (Å²) in [6.07, 6.45) is 5.41. The van der Waals surface area contributed by atoms with Crippen LogP contribution in [-0.2, 0) is 9.59 Å². The van der Waals surface area contributed by atoms with Gasteiger partial charge in [0.1, 0.15) is 0 Å². The van der Waals surface area contributed by atoms with Crippen molar-refractivity contribution in [1.82, 2.24) is 10.6 Å². The molecular formula is C43H50N4O4. The molecule has 4 N–H and O–H groups in total. The summed E-state index contributed by atoms with van der Waals surface area (Å²) < 4.78 is 0. The van der Waals surface area contributed by atoms with Gasteiger partial charge in [0.15, 0.2) is 0 Å². The number of hydrogen-bond donors (Lipinski definition) is 4. The monoisotopic (exact) mass is 686 g/mol. The lowest BCUT2D eigenvalue weighted by Crippen LogP contribution is -2.25. The third-order valence-electron chi connectivity index (χ3n) is 9.09. The molecule has 8 nitrogen and oxygen atoms in total.